The third kappa shape index (κ3) is 3.81. The minimum atomic E-state index is -0.343. The molecule has 2 aromatic heterocycles. The van der Waals surface area contributed by atoms with Crippen LogP contribution in [0, 0.1) is 6.92 Å². The Morgan fingerprint density at radius 2 is 2.00 bits per heavy atom. The first-order chi connectivity index (χ1) is 14.5. The van der Waals surface area contributed by atoms with Crippen molar-refractivity contribution in [1.29, 1.82) is 0 Å². The molecule has 0 atom stereocenters. The average molecular weight is 440 g/mol. The number of hydrogen-bond acceptors (Lipinski definition) is 5. The van der Waals surface area contributed by atoms with Gasteiger partial charge in [0.15, 0.2) is 0 Å². The molecule has 0 radical (unpaired) electrons. The number of ether oxygens (including phenoxy) is 1. The summed E-state index contributed by atoms with van der Waals surface area (Å²) in [5.74, 6) is 0.153. The lowest BCUT2D eigenvalue weighted by atomic mass is 10.2. The molecule has 0 aliphatic heterocycles. The number of anilines is 1. The number of nitrogens with zero attached hydrogens (tertiary/aromatic N) is 2. The molecule has 0 saturated carbocycles. The van der Waals surface area contributed by atoms with Gasteiger partial charge in [0.05, 0.1) is 35.9 Å². The number of halogens is 1. The van der Waals surface area contributed by atoms with Crippen LogP contribution in [0.2, 0.25) is 5.02 Å². The first-order valence-electron chi connectivity index (χ1n) is 9.15. The summed E-state index contributed by atoms with van der Waals surface area (Å²) in [6.07, 6.45) is 1.52. The van der Waals surface area contributed by atoms with Crippen molar-refractivity contribution in [2.75, 3.05) is 12.4 Å². The van der Waals surface area contributed by atoms with Crippen LogP contribution in [0.25, 0.3) is 10.2 Å². The highest BCUT2D eigenvalue weighted by Crippen LogP contribution is 2.31. The molecule has 0 aliphatic carbocycles. The molecule has 6 nitrogen and oxygen atoms in total. The molecular formula is C22H18ClN3O3S. The van der Waals surface area contributed by atoms with Gasteiger partial charge >= 0.3 is 0 Å². The number of nitrogens with one attached hydrogen (secondary N) is 1. The Balaban J connectivity index is 1.70. The number of aromatic nitrogens is 2. The van der Waals surface area contributed by atoms with E-state index in [0.29, 0.717) is 43.7 Å². The van der Waals surface area contributed by atoms with Crippen molar-refractivity contribution in [1.82, 2.24) is 9.55 Å². The molecule has 0 bridgehead atoms. The number of amides is 1. The van der Waals surface area contributed by atoms with E-state index in [0.717, 1.165) is 5.56 Å². The lowest BCUT2D eigenvalue weighted by molar-refractivity contribution is 0.102. The smallest absolute Gasteiger partial charge is 0.266 e. The number of thiophene rings is 1. The zero-order valence-electron chi connectivity index (χ0n) is 16.3. The van der Waals surface area contributed by atoms with Gasteiger partial charge in [-0.05, 0) is 36.2 Å². The Morgan fingerprint density at radius 1 is 1.23 bits per heavy atom. The van der Waals surface area contributed by atoms with Crippen LogP contribution in [-0.4, -0.2) is 22.6 Å². The van der Waals surface area contributed by atoms with Gasteiger partial charge in [-0.2, -0.15) is 0 Å². The van der Waals surface area contributed by atoms with E-state index < -0.39 is 0 Å². The summed E-state index contributed by atoms with van der Waals surface area (Å²) >= 11 is 7.23. The van der Waals surface area contributed by atoms with E-state index in [4.69, 9.17) is 16.3 Å². The van der Waals surface area contributed by atoms with E-state index in [1.807, 2.05) is 30.3 Å². The Bertz CT molecular complexity index is 1300. The van der Waals surface area contributed by atoms with Gasteiger partial charge in [0, 0.05) is 5.02 Å². The maximum absolute atomic E-state index is 13.1. The minimum Gasteiger partial charge on any atom is -0.495 e. The fourth-order valence-electron chi connectivity index (χ4n) is 3.23. The van der Waals surface area contributed by atoms with Crippen molar-refractivity contribution >= 4 is 44.7 Å². The highest BCUT2D eigenvalue weighted by molar-refractivity contribution is 7.20. The molecule has 0 fully saturated rings. The quantitative estimate of drug-likeness (QED) is 0.488. The van der Waals surface area contributed by atoms with E-state index in [2.05, 4.69) is 10.3 Å². The monoisotopic (exact) mass is 439 g/mol. The van der Waals surface area contributed by atoms with Gasteiger partial charge in [-0.25, -0.2) is 4.98 Å². The van der Waals surface area contributed by atoms with Crippen LogP contribution in [0.3, 0.4) is 0 Å². The van der Waals surface area contributed by atoms with Crippen molar-refractivity contribution in [2.24, 2.45) is 0 Å². The number of hydrogen-bond donors (Lipinski definition) is 1. The van der Waals surface area contributed by atoms with Crippen LogP contribution < -0.4 is 15.6 Å². The summed E-state index contributed by atoms with van der Waals surface area (Å²) in [5, 5.41) is 3.76. The molecule has 0 aliphatic rings. The lowest BCUT2D eigenvalue weighted by Crippen LogP contribution is -2.21. The van der Waals surface area contributed by atoms with Gasteiger partial charge in [0.2, 0.25) is 0 Å². The molecular weight excluding hydrogens is 422 g/mol. The van der Waals surface area contributed by atoms with E-state index in [-0.39, 0.29) is 11.5 Å². The van der Waals surface area contributed by atoms with Gasteiger partial charge in [-0.3, -0.25) is 14.2 Å². The normalized spacial score (nSPS) is 10.9. The third-order valence-corrected chi connectivity index (χ3v) is 6.16. The van der Waals surface area contributed by atoms with E-state index in [1.54, 1.807) is 29.7 Å². The van der Waals surface area contributed by atoms with E-state index in [1.165, 1.54) is 24.8 Å². The van der Waals surface area contributed by atoms with Gasteiger partial charge in [0.25, 0.3) is 11.5 Å². The summed E-state index contributed by atoms with van der Waals surface area (Å²) in [5.41, 5.74) is 1.89. The number of carbonyl (C=O) groups excluding carboxylic acids is 1. The average Bonchev–Trinajstić information content (AvgIpc) is 3.08. The van der Waals surface area contributed by atoms with Crippen molar-refractivity contribution in [3.8, 4) is 5.75 Å². The molecule has 30 heavy (non-hydrogen) atoms. The predicted octanol–water partition coefficient (Wildman–Crippen LogP) is 4.73. The topological polar surface area (TPSA) is 73.2 Å². The first kappa shape index (κ1) is 20.1. The van der Waals surface area contributed by atoms with E-state index in [9.17, 15) is 9.59 Å². The maximum Gasteiger partial charge on any atom is 0.266 e. The second kappa shape index (κ2) is 8.30. The minimum absolute atomic E-state index is 0.169. The van der Waals surface area contributed by atoms with Crippen LogP contribution in [0.4, 0.5) is 5.69 Å². The molecule has 0 unspecified atom stereocenters. The van der Waals surface area contributed by atoms with Crippen molar-refractivity contribution in [3.63, 3.8) is 0 Å². The summed E-state index contributed by atoms with van der Waals surface area (Å²) in [4.78, 5) is 31.4. The zero-order chi connectivity index (χ0) is 21.3. The summed E-state index contributed by atoms with van der Waals surface area (Å²) < 4.78 is 6.84. The van der Waals surface area contributed by atoms with Gasteiger partial charge < -0.3 is 10.1 Å². The number of benzene rings is 2. The third-order valence-electron chi connectivity index (χ3n) is 4.73. The Morgan fingerprint density at radius 3 is 2.73 bits per heavy atom. The molecule has 2 aromatic carbocycles. The largest absolute Gasteiger partial charge is 0.495 e. The highest BCUT2D eigenvalue weighted by Gasteiger charge is 2.20. The van der Waals surface area contributed by atoms with Crippen LogP contribution >= 0.6 is 22.9 Å². The van der Waals surface area contributed by atoms with Gasteiger partial charge in [0.1, 0.15) is 10.6 Å². The number of rotatable bonds is 5. The standard InChI is InChI=1S/C22H18ClN3O3S/c1-13-18-21(24-12-26(22(18)28)11-14-6-4-3-5-7-14)30-19(13)20(27)25-16-10-15(23)8-9-17(16)29-2/h3-10,12H,11H2,1-2H3,(H,25,27). The number of methoxy groups -OCH3 is 1. The predicted molar refractivity (Wildman–Crippen MR) is 120 cm³/mol. The zero-order valence-corrected chi connectivity index (χ0v) is 17.9. The molecule has 152 valence electrons. The summed E-state index contributed by atoms with van der Waals surface area (Å²) in [6.45, 7) is 2.18. The molecule has 4 aromatic rings. The number of fused-ring (bicyclic) bond motifs is 1. The Hall–Kier alpha value is -3.16. The second-order valence-electron chi connectivity index (χ2n) is 6.70. The Labute approximate surface area is 181 Å². The highest BCUT2D eigenvalue weighted by atomic mass is 35.5. The van der Waals surface area contributed by atoms with Gasteiger partial charge in [-0.1, -0.05) is 41.9 Å². The lowest BCUT2D eigenvalue weighted by Gasteiger charge is -2.10. The molecule has 0 spiro atoms. The SMILES string of the molecule is COc1ccc(Cl)cc1NC(=O)c1sc2ncn(Cc3ccccc3)c(=O)c2c1C. The van der Waals surface area contributed by atoms with Crippen molar-refractivity contribution in [2.45, 2.75) is 13.5 Å². The Kier molecular flexibility index (Phi) is 5.57. The number of aryl methyl sites for hydroxylation is 1. The summed E-state index contributed by atoms with van der Waals surface area (Å²) in [6, 6.07) is 14.7. The molecule has 1 amide bonds. The molecule has 0 saturated heterocycles. The fourth-order valence-corrected chi connectivity index (χ4v) is 4.43. The molecule has 1 N–H and O–H groups in total. The maximum atomic E-state index is 13.1. The van der Waals surface area contributed by atoms with Gasteiger partial charge in [-0.15, -0.1) is 11.3 Å². The van der Waals surface area contributed by atoms with Crippen LogP contribution in [0.5, 0.6) is 5.75 Å². The van der Waals surface area contributed by atoms with Crippen LogP contribution in [0.1, 0.15) is 20.8 Å². The van der Waals surface area contributed by atoms with E-state index >= 15 is 0 Å². The second-order valence-corrected chi connectivity index (χ2v) is 8.13. The summed E-state index contributed by atoms with van der Waals surface area (Å²) in [7, 11) is 1.52. The van der Waals surface area contributed by atoms with Crippen molar-refractivity contribution < 1.29 is 9.53 Å². The first-order valence-corrected chi connectivity index (χ1v) is 10.3. The van der Waals surface area contributed by atoms with Crippen molar-refractivity contribution in [3.05, 3.63) is 86.2 Å². The van der Waals surface area contributed by atoms with Crippen LogP contribution in [-0.2, 0) is 6.54 Å². The van der Waals surface area contributed by atoms with Crippen LogP contribution in [0.15, 0.2) is 59.7 Å². The molecule has 8 heteroatoms. The molecule has 2 heterocycles. The number of carbonyl (C=O) groups is 1. The molecule has 4 rings (SSSR count). The fraction of sp³-hybridized carbons (Fsp3) is 0.136.